The molecule has 0 bridgehead atoms. The molecule has 1 fully saturated rings. The van der Waals surface area contributed by atoms with Crippen molar-refractivity contribution in [2.45, 2.75) is 19.1 Å². The Hall–Kier alpha value is -1.61. The van der Waals surface area contributed by atoms with Crippen LogP contribution in [0.1, 0.15) is 13.3 Å². The van der Waals surface area contributed by atoms with Crippen molar-refractivity contribution in [3.63, 3.8) is 0 Å². The summed E-state index contributed by atoms with van der Waals surface area (Å²) in [6.07, 6.45) is 6.08. The van der Waals surface area contributed by atoms with Crippen molar-refractivity contribution in [2.75, 3.05) is 27.1 Å². The molecule has 1 aliphatic heterocycles. The van der Waals surface area contributed by atoms with Crippen molar-refractivity contribution in [1.29, 1.82) is 5.26 Å². The lowest BCUT2D eigenvalue weighted by atomic mass is 9.96. The van der Waals surface area contributed by atoms with E-state index in [0.717, 1.165) is 5.57 Å². The molecule has 0 saturated carbocycles. The zero-order chi connectivity index (χ0) is 13.7. The molecule has 1 saturated heterocycles. The van der Waals surface area contributed by atoms with Gasteiger partial charge in [-0.05, 0) is 24.6 Å². The lowest BCUT2D eigenvalue weighted by molar-refractivity contribution is -0.187. The fourth-order valence-electron chi connectivity index (χ4n) is 2.17. The SMILES string of the molecule is CCOC12CC(/C=C(/C#N)COC)=CC=C1OCO2. The van der Waals surface area contributed by atoms with Crippen molar-refractivity contribution >= 4 is 0 Å². The minimum atomic E-state index is -0.830. The van der Waals surface area contributed by atoms with E-state index in [0.29, 0.717) is 31.0 Å². The Morgan fingerprint density at radius 1 is 1.58 bits per heavy atom. The van der Waals surface area contributed by atoms with Crippen LogP contribution in [0, 0.1) is 11.3 Å². The lowest BCUT2D eigenvalue weighted by Gasteiger charge is -2.29. The number of nitrogens with zero attached hydrogens (tertiary/aromatic N) is 1. The summed E-state index contributed by atoms with van der Waals surface area (Å²) in [5, 5.41) is 9.01. The third-order valence-electron chi connectivity index (χ3n) is 2.95. The average Bonchev–Trinajstić information content (AvgIpc) is 2.81. The normalized spacial score (nSPS) is 26.1. The summed E-state index contributed by atoms with van der Waals surface area (Å²) in [6.45, 7) is 2.93. The Kier molecular flexibility index (Phi) is 4.38. The van der Waals surface area contributed by atoms with Gasteiger partial charge in [0.25, 0.3) is 0 Å². The number of allylic oxidation sites excluding steroid dienone is 3. The van der Waals surface area contributed by atoms with Crippen LogP contribution in [-0.4, -0.2) is 32.9 Å². The van der Waals surface area contributed by atoms with Crippen LogP contribution in [0.25, 0.3) is 0 Å². The van der Waals surface area contributed by atoms with Gasteiger partial charge in [-0.1, -0.05) is 6.08 Å². The summed E-state index contributed by atoms with van der Waals surface area (Å²) in [7, 11) is 1.56. The maximum atomic E-state index is 9.01. The summed E-state index contributed by atoms with van der Waals surface area (Å²) < 4.78 is 21.7. The average molecular weight is 263 g/mol. The molecule has 0 N–H and O–H groups in total. The van der Waals surface area contributed by atoms with Crippen LogP contribution in [0.3, 0.4) is 0 Å². The van der Waals surface area contributed by atoms with Gasteiger partial charge in [-0.25, -0.2) is 0 Å². The van der Waals surface area contributed by atoms with E-state index in [1.54, 1.807) is 13.2 Å². The first-order valence-corrected chi connectivity index (χ1v) is 6.15. The molecule has 0 radical (unpaired) electrons. The molecule has 0 spiro atoms. The molecule has 5 heteroatoms. The van der Waals surface area contributed by atoms with Crippen LogP contribution >= 0.6 is 0 Å². The van der Waals surface area contributed by atoms with Gasteiger partial charge in [0.1, 0.15) is 0 Å². The second kappa shape index (κ2) is 6.02. The van der Waals surface area contributed by atoms with Crippen LogP contribution < -0.4 is 0 Å². The first-order chi connectivity index (χ1) is 9.24. The molecule has 2 aliphatic rings. The Morgan fingerprint density at radius 3 is 3.11 bits per heavy atom. The molecule has 1 atom stereocenters. The molecule has 1 aliphatic carbocycles. The van der Waals surface area contributed by atoms with Crippen molar-refractivity contribution in [1.82, 2.24) is 0 Å². The summed E-state index contributed by atoms with van der Waals surface area (Å²) in [4.78, 5) is 0. The van der Waals surface area contributed by atoms with E-state index in [1.165, 1.54) is 0 Å². The summed E-state index contributed by atoms with van der Waals surface area (Å²) >= 11 is 0. The van der Waals surface area contributed by atoms with Crippen LogP contribution in [0.5, 0.6) is 0 Å². The van der Waals surface area contributed by atoms with E-state index in [-0.39, 0.29) is 6.79 Å². The number of ether oxygens (including phenoxy) is 4. The minimum absolute atomic E-state index is 0.194. The highest BCUT2D eigenvalue weighted by molar-refractivity contribution is 5.39. The van der Waals surface area contributed by atoms with Gasteiger partial charge < -0.3 is 18.9 Å². The molecule has 2 rings (SSSR count). The standard InChI is InChI=1S/C14H17NO4/c1-3-18-14-7-11(6-12(8-15)9-16-2)4-5-13(14)17-10-19-14/h4-6H,3,7,9-10H2,1-2H3/b12-6-. The molecule has 0 aromatic rings. The van der Waals surface area contributed by atoms with Crippen molar-refractivity contribution in [3.8, 4) is 6.07 Å². The smallest absolute Gasteiger partial charge is 0.234 e. The number of rotatable bonds is 5. The van der Waals surface area contributed by atoms with Crippen LogP contribution in [0.4, 0.5) is 0 Å². The molecule has 1 unspecified atom stereocenters. The number of hydrogen-bond donors (Lipinski definition) is 0. The molecule has 102 valence electrons. The zero-order valence-electron chi connectivity index (χ0n) is 11.1. The maximum Gasteiger partial charge on any atom is 0.234 e. The van der Waals surface area contributed by atoms with Gasteiger partial charge >= 0.3 is 0 Å². The molecule has 5 nitrogen and oxygen atoms in total. The zero-order valence-corrected chi connectivity index (χ0v) is 11.1. The van der Waals surface area contributed by atoms with Crippen molar-refractivity contribution < 1.29 is 18.9 Å². The van der Waals surface area contributed by atoms with Gasteiger partial charge in [0.2, 0.25) is 5.79 Å². The first kappa shape index (κ1) is 13.8. The maximum absolute atomic E-state index is 9.01. The number of methoxy groups -OCH3 is 1. The molecule has 1 heterocycles. The molecular formula is C14H17NO4. The van der Waals surface area contributed by atoms with Gasteiger partial charge in [0.15, 0.2) is 12.6 Å². The quantitative estimate of drug-likeness (QED) is 0.710. The van der Waals surface area contributed by atoms with Crippen LogP contribution in [0.2, 0.25) is 0 Å². The fourth-order valence-corrected chi connectivity index (χ4v) is 2.17. The topological polar surface area (TPSA) is 60.7 Å². The van der Waals surface area contributed by atoms with E-state index in [9.17, 15) is 0 Å². The van der Waals surface area contributed by atoms with E-state index in [1.807, 2.05) is 19.1 Å². The highest BCUT2D eigenvalue weighted by Gasteiger charge is 2.44. The second-order valence-electron chi connectivity index (χ2n) is 4.26. The largest absolute Gasteiger partial charge is 0.466 e. The monoisotopic (exact) mass is 263 g/mol. The molecular weight excluding hydrogens is 246 g/mol. The Bertz CT molecular complexity index is 472. The minimum Gasteiger partial charge on any atom is -0.466 e. The molecule has 0 aromatic heterocycles. The highest BCUT2D eigenvalue weighted by Crippen LogP contribution is 2.39. The van der Waals surface area contributed by atoms with E-state index < -0.39 is 5.79 Å². The highest BCUT2D eigenvalue weighted by atomic mass is 16.8. The van der Waals surface area contributed by atoms with Crippen LogP contribution in [0.15, 0.2) is 35.1 Å². The van der Waals surface area contributed by atoms with E-state index >= 15 is 0 Å². The van der Waals surface area contributed by atoms with Gasteiger partial charge in [-0.2, -0.15) is 5.26 Å². The Balaban J connectivity index is 2.20. The predicted molar refractivity (Wildman–Crippen MR) is 67.7 cm³/mol. The molecule has 19 heavy (non-hydrogen) atoms. The number of nitriles is 1. The Morgan fingerprint density at radius 2 is 2.42 bits per heavy atom. The third kappa shape index (κ3) is 2.87. The summed E-state index contributed by atoms with van der Waals surface area (Å²) in [5.41, 5.74) is 1.52. The first-order valence-electron chi connectivity index (χ1n) is 6.15. The fraction of sp³-hybridized carbons (Fsp3) is 0.500. The van der Waals surface area contributed by atoms with E-state index in [2.05, 4.69) is 6.07 Å². The third-order valence-corrected chi connectivity index (χ3v) is 2.95. The lowest BCUT2D eigenvalue weighted by Crippen LogP contribution is -2.35. The summed E-state index contributed by atoms with van der Waals surface area (Å²) in [5.74, 6) is -0.139. The summed E-state index contributed by atoms with van der Waals surface area (Å²) in [6, 6.07) is 2.12. The molecule has 0 amide bonds. The van der Waals surface area contributed by atoms with Gasteiger partial charge in [0, 0.05) is 20.1 Å². The predicted octanol–water partition coefficient (Wildman–Crippen LogP) is 2.03. The van der Waals surface area contributed by atoms with Gasteiger partial charge in [-0.3, -0.25) is 0 Å². The second-order valence-corrected chi connectivity index (χ2v) is 4.26. The number of fused-ring (bicyclic) bond motifs is 1. The van der Waals surface area contributed by atoms with Crippen molar-refractivity contribution in [3.05, 3.63) is 35.1 Å². The van der Waals surface area contributed by atoms with Gasteiger partial charge in [-0.15, -0.1) is 0 Å². The van der Waals surface area contributed by atoms with E-state index in [4.69, 9.17) is 24.2 Å². The number of hydrogen-bond acceptors (Lipinski definition) is 5. The van der Waals surface area contributed by atoms with Crippen LogP contribution in [-0.2, 0) is 18.9 Å². The van der Waals surface area contributed by atoms with Gasteiger partial charge in [0.05, 0.1) is 18.2 Å². The Labute approximate surface area is 112 Å². The molecule has 0 aromatic carbocycles. The van der Waals surface area contributed by atoms with Crippen molar-refractivity contribution in [2.24, 2.45) is 0 Å².